The number of phenolic OH excluding ortho intramolecular Hbond substituents is 1. The highest BCUT2D eigenvalue weighted by atomic mass is 19.4. The molecule has 0 radical (unpaired) electrons. The van der Waals surface area contributed by atoms with Crippen LogP contribution in [0.5, 0.6) is 5.75 Å². The number of guanidine groups is 2. The molecule has 6 atom stereocenters. The van der Waals surface area contributed by atoms with Gasteiger partial charge < -0.3 is 63.6 Å². The van der Waals surface area contributed by atoms with E-state index in [-0.39, 0.29) is 62.3 Å². The Morgan fingerprint density at radius 1 is 0.851 bits per heavy atom. The molecule has 21 nitrogen and oxygen atoms in total. The number of carbonyl (C=O) groups is 7. The highest BCUT2D eigenvalue weighted by Gasteiger charge is 2.41. The van der Waals surface area contributed by atoms with E-state index in [2.05, 4.69) is 41.9 Å². The maximum atomic E-state index is 14.3. The number of rotatable bonds is 22. The minimum atomic E-state index is -5.08. The summed E-state index contributed by atoms with van der Waals surface area (Å²) in [6, 6.07) is 0.470. The number of halogens is 3. The normalized spacial score (nSPS) is 16.1. The van der Waals surface area contributed by atoms with Crippen molar-refractivity contribution in [3.63, 3.8) is 0 Å². The number of nitrogens with one attached hydrogen (secondary N) is 6. The summed E-state index contributed by atoms with van der Waals surface area (Å²) in [5, 5.41) is 43.9. The van der Waals surface area contributed by atoms with Gasteiger partial charge in [0.2, 0.25) is 29.5 Å². The van der Waals surface area contributed by atoms with E-state index in [9.17, 15) is 52.2 Å². The molecule has 1 heterocycles. The van der Waals surface area contributed by atoms with Gasteiger partial charge in [-0.15, -0.1) is 0 Å². The molecule has 24 heteroatoms. The van der Waals surface area contributed by atoms with Crippen LogP contribution in [0.25, 0.3) is 0 Å². The molecule has 1 aliphatic rings. The first-order chi connectivity index (χ1) is 31.1. The maximum absolute atomic E-state index is 14.3. The average molecular weight is 958 g/mol. The number of aliphatic imine (C=N–C) groups is 2. The maximum Gasteiger partial charge on any atom is 0.490 e. The van der Waals surface area contributed by atoms with E-state index in [0.717, 1.165) is 0 Å². The summed E-state index contributed by atoms with van der Waals surface area (Å²) in [6.45, 7) is 11.6. The SMILES string of the molecule is CN=C(NC)NCCC[C@H](C)C(=O)N[C@@H](CCCN=C(N)N)C(=O)N1CCC[C@H]1C(=O)N[C@@H](Cc1ccc(O)cc1)C(=O)N[C@H](C(=O)N[C@@H](CC(C)C)C(=O)O)C(C)(C)C.O=C(O)C(F)(F)F. The summed E-state index contributed by atoms with van der Waals surface area (Å²) in [5.74, 6) is -6.71. The van der Waals surface area contributed by atoms with Gasteiger partial charge in [-0.05, 0) is 74.0 Å². The van der Waals surface area contributed by atoms with E-state index in [1.54, 1.807) is 53.9 Å². The number of nitrogens with zero attached hydrogens (tertiary/aromatic N) is 3. The molecule has 0 aliphatic carbocycles. The number of amides is 5. The van der Waals surface area contributed by atoms with E-state index >= 15 is 0 Å². The molecule has 5 amide bonds. The summed E-state index contributed by atoms with van der Waals surface area (Å²) in [4.78, 5) is 100.0. The van der Waals surface area contributed by atoms with Gasteiger partial charge in [0.15, 0.2) is 11.9 Å². The number of hydrogen-bond acceptors (Lipinski definition) is 10. The number of aliphatic carboxylic acids is 2. The van der Waals surface area contributed by atoms with Gasteiger partial charge in [-0.2, -0.15) is 13.2 Å². The van der Waals surface area contributed by atoms with Crippen molar-refractivity contribution in [3.8, 4) is 5.75 Å². The van der Waals surface area contributed by atoms with Gasteiger partial charge in [0.1, 0.15) is 36.0 Å². The molecule has 0 unspecified atom stereocenters. The second kappa shape index (κ2) is 28.0. The zero-order valence-electron chi connectivity index (χ0n) is 39.5. The van der Waals surface area contributed by atoms with Crippen molar-refractivity contribution in [2.24, 2.45) is 38.7 Å². The van der Waals surface area contributed by atoms with Crippen molar-refractivity contribution >= 4 is 53.4 Å². The van der Waals surface area contributed by atoms with Gasteiger partial charge in [-0.1, -0.05) is 53.7 Å². The number of hydrogen-bond donors (Lipinski definition) is 11. The van der Waals surface area contributed by atoms with E-state index in [4.69, 9.17) is 21.4 Å². The molecule has 2 rings (SSSR count). The lowest BCUT2D eigenvalue weighted by molar-refractivity contribution is -0.192. The van der Waals surface area contributed by atoms with E-state index in [0.29, 0.717) is 43.8 Å². The molecule has 1 fully saturated rings. The Balaban J connectivity index is 0.00000295. The van der Waals surface area contributed by atoms with Crippen molar-refractivity contribution in [3.05, 3.63) is 29.8 Å². The fourth-order valence-corrected chi connectivity index (χ4v) is 6.81. The minimum Gasteiger partial charge on any atom is -0.508 e. The molecular weight excluding hydrogens is 888 g/mol. The lowest BCUT2D eigenvalue weighted by atomic mass is 9.85. The Labute approximate surface area is 388 Å². The summed E-state index contributed by atoms with van der Waals surface area (Å²) >= 11 is 0. The lowest BCUT2D eigenvalue weighted by Crippen LogP contribution is -2.61. The predicted molar refractivity (Wildman–Crippen MR) is 243 cm³/mol. The van der Waals surface area contributed by atoms with Gasteiger partial charge in [0.05, 0.1) is 0 Å². The van der Waals surface area contributed by atoms with E-state index < -0.39 is 83.3 Å². The summed E-state index contributed by atoms with van der Waals surface area (Å²) < 4.78 is 31.7. The van der Waals surface area contributed by atoms with E-state index in [1.807, 2.05) is 13.8 Å². The molecule has 0 bridgehead atoms. The Morgan fingerprint density at radius 2 is 1.45 bits per heavy atom. The van der Waals surface area contributed by atoms with Crippen LogP contribution >= 0.6 is 0 Å². The molecule has 13 N–H and O–H groups in total. The smallest absolute Gasteiger partial charge is 0.490 e. The van der Waals surface area contributed by atoms with Crippen LogP contribution in [0.2, 0.25) is 0 Å². The number of carboxylic acids is 2. The Morgan fingerprint density at radius 3 is 1.96 bits per heavy atom. The number of aromatic hydroxyl groups is 1. The zero-order chi connectivity index (χ0) is 51.2. The second-order valence-electron chi connectivity index (χ2n) is 17.6. The average Bonchev–Trinajstić information content (AvgIpc) is 3.73. The fraction of sp³-hybridized carbons (Fsp3) is 0.651. The second-order valence-corrected chi connectivity index (χ2v) is 17.6. The van der Waals surface area contributed by atoms with Crippen LogP contribution in [0, 0.1) is 17.3 Å². The van der Waals surface area contributed by atoms with Crippen molar-refractivity contribution in [2.75, 3.05) is 33.7 Å². The zero-order valence-corrected chi connectivity index (χ0v) is 39.5. The topological polar surface area (TPSA) is 332 Å². The monoisotopic (exact) mass is 958 g/mol. The molecule has 1 aromatic carbocycles. The Kier molecular flexibility index (Phi) is 24.5. The number of nitrogens with two attached hydrogens (primary N) is 2. The van der Waals surface area contributed by atoms with Gasteiger partial charge in [0, 0.05) is 46.1 Å². The first-order valence-corrected chi connectivity index (χ1v) is 21.9. The lowest BCUT2D eigenvalue weighted by Gasteiger charge is -2.33. The molecule has 0 saturated carbocycles. The molecule has 0 aromatic heterocycles. The van der Waals surface area contributed by atoms with Gasteiger partial charge >= 0.3 is 18.1 Å². The number of alkyl halides is 3. The third-order valence-electron chi connectivity index (χ3n) is 10.4. The number of phenols is 1. The van der Waals surface area contributed by atoms with Gasteiger partial charge in [-0.25, -0.2) is 9.59 Å². The number of carboxylic acid groups (broad SMARTS) is 2. The molecule has 1 saturated heterocycles. The number of carbonyl (C=O) groups excluding carboxylic acids is 5. The number of likely N-dealkylation sites (tertiary alicyclic amines) is 1. The van der Waals surface area contributed by atoms with Crippen LogP contribution < -0.4 is 43.4 Å². The number of benzene rings is 1. The quantitative estimate of drug-likeness (QED) is 0.0438. The molecule has 1 aliphatic heterocycles. The molecule has 0 spiro atoms. The van der Waals surface area contributed by atoms with E-state index in [1.165, 1.54) is 17.0 Å². The summed E-state index contributed by atoms with van der Waals surface area (Å²) in [6.07, 6.45) is -2.42. The van der Waals surface area contributed by atoms with Gasteiger partial charge in [-0.3, -0.25) is 34.0 Å². The first-order valence-electron chi connectivity index (χ1n) is 21.9. The van der Waals surface area contributed by atoms with Crippen LogP contribution in [-0.4, -0.2) is 144 Å². The largest absolute Gasteiger partial charge is 0.508 e. The van der Waals surface area contributed by atoms with Crippen molar-refractivity contribution in [1.82, 2.24) is 36.8 Å². The predicted octanol–water partition coefficient (Wildman–Crippen LogP) is 0.940. The van der Waals surface area contributed by atoms with Gasteiger partial charge in [0.25, 0.3) is 0 Å². The van der Waals surface area contributed by atoms with Crippen LogP contribution in [0.3, 0.4) is 0 Å². The summed E-state index contributed by atoms with van der Waals surface area (Å²) in [7, 11) is 3.40. The molecule has 1 aromatic rings. The van der Waals surface area contributed by atoms with Crippen molar-refractivity contribution < 1.29 is 62.1 Å². The van der Waals surface area contributed by atoms with Crippen LogP contribution in [0.15, 0.2) is 34.3 Å². The summed E-state index contributed by atoms with van der Waals surface area (Å²) in [5.41, 5.74) is 10.7. The minimum absolute atomic E-state index is 0.000779. The van der Waals surface area contributed by atoms with Crippen LogP contribution in [0.1, 0.15) is 92.1 Å². The molecule has 67 heavy (non-hydrogen) atoms. The fourth-order valence-electron chi connectivity index (χ4n) is 6.81. The first kappa shape index (κ1) is 58.7. The molecule has 378 valence electrons. The van der Waals surface area contributed by atoms with Crippen molar-refractivity contribution in [1.29, 1.82) is 0 Å². The Hall–Kier alpha value is -6.36. The Bertz CT molecular complexity index is 1870. The van der Waals surface area contributed by atoms with Crippen molar-refractivity contribution in [2.45, 2.75) is 129 Å². The third-order valence-corrected chi connectivity index (χ3v) is 10.4. The molecular formula is C43H70F3N11O10. The third kappa shape index (κ3) is 21.7. The highest BCUT2D eigenvalue weighted by molar-refractivity contribution is 5.96. The van der Waals surface area contributed by atoms with Crippen LogP contribution in [0.4, 0.5) is 13.2 Å². The standard InChI is InChI=1S/C41H69N11O8.C2HF3O2/c1-24(2)22-30(38(59)60)50-36(57)32(41(4,5)6)51-34(55)29(23-26-15-17-27(53)18-16-26)49-35(56)31-14-11-21-52(31)37(58)28(13-10-19-46-39(42)43)48-33(54)25(3)12-9-20-47-40(44-7)45-8;3-2(4,5)1(6)7/h15-18,24-25,28-32,53H,9-14,19-23H2,1-8H3,(H,48,54)(H,49,56)(H,50,57)(H,51,55)(H,59,60)(H4,42,43,46)(H2,44,45,47);(H,6,7)/t25-,28-,29-,30-,31-,32+;/m0./s1. The van der Waals surface area contributed by atoms with Crippen LogP contribution in [-0.2, 0) is 40.0 Å². The highest BCUT2D eigenvalue weighted by Crippen LogP contribution is 2.23.